The summed E-state index contributed by atoms with van der Waals surface area (Å²) in [5.74, 6) is 1.18. The van der Waals surface area contributed by atoms with Crippen molar-refractivity contribution in [2.45, 2.75) is 19.3 Å². The topological polar surface area (TPSA) is 55.8 Å². The van der Waals surface area contributed by atoms with E-state index < -0.39 is 0 Å². The van der Waals surface area contributed by atoms with Gasteiger partial charge in [0.2, 0.25) is 11.8 Å². The average Bonchev–Trinajstić information content (AvgIpc) is 2.75. The molecular formula is C14H17NO4. The van der Waals surface area contributed by atoms with Crippen LogP contribution in [0, 0.1) is 0 Å². The molecule has 1 aromatic carbocycles. The van der Waals surface area contributed by atoms with Gasteiger partial charge in [-0.3, -0.25) is 14.5 Å². The molecule has 0 bridgehead atoms. The third-order valence-electron chi connectivity index (χ3n) is 3.01. The van der Waals surface area contributed by atoms with E-state index in [4.69, 9.17) is 9.47 Å². The zero-order valence-corrected chi connectivity index (χ0v) is 10.9. The number of hydrogen-bond acceptors (Lipinski definition) is 4. The van der Waals surface area contributed by atoms with Gasteiger partial charge in [-0.05, 0) is 18.6 Å². The van der Waals surface area contributed by atoms with Gasteiger partial charge < -0.3 is 9.47 Å². The van der Waals surface area contributed by atoms with E-state index in [2.05, 4.69) is 0 Å². The standard InChI is InChI=1S/C14H17NO4/c1-18-11-5-2-3-6-12(11)19-10-4-9-15-13(16)7-8-14(15)17/h2-3,5-6H,4,7-10H2,1H3. The number of benzene rings is 1. The molecule has 2 amide bonds. The summed E-state index contributed by atoms with van der Waals surface area (Å²) in [7, 11) is 1.59. The first kappa shape index (κ1) is 13.4. The van der Waals surface area contributed by atoms with Gasteiger partial charge in [-0.15, -0.1) is 0 Å². The van der Waals surface area contributed by atoms with Crippen molar-refractivity contribution in [1.82, 2.24) is 4.90 Å². The fourth-order valence-corrected chi connectivity index (χ4v) is 2.02. The van der Waals surface area contributed by atoms with Gasteiger partial charge in [-0.2, -0.15) is 0 Å². The molecule has 0 N–H and O–H groups in total. The molecule has 2 rings (SSSR count). The van der Waals surface area contributed by atoms with Crippen LogP contribution < -0.4 is 9.47 Å². The van der Waals surface area contributed by atoms with E-state index in [1.54, 1.807) is 7.11 Å². The number of imide groups is 1. The molecule has 102 valence electrons. The first-order valence-corrected chi connectivity index (χ1v) is 6.31. The van der Waals surface area contributed by atoms with Gasteiger partial charge in [0, 0.05) is 19.4 Å². The quantitative estimate of drug-likeness (QED) is 0.578. The maximum atomic E-state index is 11.4. The van der Waals surface area contributed by atoms with Gasteiger partial charge >= 0.3 is 0 Å². The van der Waals surface area contributed by atoms with Crippen LogP contribution in [0.4, 0.5) is 0 Å². The fraction of sp³-hybridized carbons (Fsp3) is 0.429. The van der Waals surface area contributed by atoms with E-state index in [1.165, 1.54) is 4.90 Å². The SMILES string of the molecule is COc1ccccc1OCCCN1C(=O)CCC1=O. The number of para-hydroxylation sites is 2. The lowest BCUT2D eigenvalue weighted by Gasteiger charge is -2.14. The van der Waals surface area contributed by atoms with E-state index >= 15 is 0 Å². The smallest absolute Gasteiger partial charge is 0.229 e. The summed E-state index contributed by atoms with van der Waals surface area (Å²) < 4.78 is 10.8. The molecule has 5 heteroatoms. The number of nitrogens with zero attached hydrogens (tertiary/aromatic N) is 1. The molecule has 0 radical (unpaired) electrons. The van der Waals surface area contributed by atoms with E-state index in [-0.39, 0.29) is 11.8 Å². The largest absolute Gasteiger partial charge is 0.493 e. The number of ether oxygens (including phenoxy) is 2. The van der Waals surface area contributed by atoms with Crippen LogP contribution >= 0.6 is 0 Å². The van der Waals surface area contributed by atoms with Crippen LogP contribution in [0.1, 0.15) is 19.3 Å². The van der Waals surface area contributed by atoms with Gasteiger partial charge in [-0.1, -0.05) is 12.1 Å². The predicted molar refractivity (Wildman–Crippen MR) is 69.1 cm³/mol. The molecule has 0 saturated carbocycles. The van der Waals surface area contributed by atoms with Crippen molar-refractivity contribution in [2.75, 3.05) is 20.3 Å². The lowest BCUT2D eigenvalue weighted by atomic mass is 10.3. The second-order valence-electron chi connectivity index (χ2n) is 4.29. The zero-order valence-electron chi connectivity index (χ0n) is 10.9. The molecule has 0 spiro atoms. The maximum Gasteiger partial charge on any atom is 0.229 e. The highest BCUT2D eigenvalue weighted by molar-refractivity contribution is 6.01. The van der Waals surface area contributed by atoms with E-state index in [0.717, 1.165) is 0 Å². The number of amides is 2. The first-order valence-electron chi connectivity index (χ1n) is 6.31. The first-order chi connectivity index (χ1) is 9.22. The van der Waals surface area contributed by atoms with Gasteiger partial charge in [0.25, 0.3) is 0 Å². The van der Waals surface area contributed by atoms with E-state index in [1.807, 2.05) is 24.3 Å². The molecule has 1 aliphatic heterocycles. The number of rotatable bonds is 6. The van der Waals surface area contributed by atoms with Crippen LogP contribution in [-0.2, 0) is 9.59 Å². The minimum absolute atomic E-state index is 0.0812. The van der Waals surface area contributed by atoms with Gasteiger partial charge in [0.05, 0.1) is 13.7 Å². The Morgan fingerprint density at radius 3 is 2.37 bits per heavy atom. The molecule has 1 aliphatic rings. The van der Waals surface area contributed by atoms with Crippen molar-refractivity contribution in [3.05, 3.63) is 24.3 Å². The van der Waals surface area contributed by atoms with Crippen LogP contribution in [0.25, 0.3) is 0 Å². The Morgan fingerprint density at radius 1 is 1.11 bits per heavy atom. The Hall–Kier alpha value is -2.04. The van der Waals surface area contributed by atoms with Crippen LogP contribution in [-0.4, -0.2) is 37.0 Å². The summed E-state index contributed by atoms with van der Waals surface area (Å²) in [5, 5.41) is 0. The number of methoxy groups -OCH3 is 1. The minimum Gasteiger partial charge on any atom is -0.493 e. The third-order valence-corrected chi connectivity index (χ3v) is 3.01. The Balaban J connectivity index is 1.78. The summed E-state index contributed by atoms with van der Waals surface area (Å²) in [6.45, 7) is 0.865. The molecule has 0 unspecified atom stereocenters. The minimum atomic E-state index is -0.0812. The van der Waals surface area contributed by atoms with Crippen LogP contribution in [0.2, 0.25) is 0 Å². The van der Waals surface area contributed by atoms with Crippen LogP contribution in [0.3, 0.4) is 0 Å². The number of carbonyl (C=O) groups excluding carboxylic acids is 2. The fourth-order valence-electron chi connectivity index (χ4n) is 2.02. The highest BCUT2D eigenvalue weighted by Gasteiger charge is 2.27. The molecule has 5 nitrogen and oxygen atoms in total. The lowest BCUT2D eigenvalue weighted by molar-refractivity contribution is -0.138. The monoisotopic (exact) mass is 263 g/mol. The van der Waals surface area contributed by atoms with Crippen LogP contribution in [0.5, 0.6) is 11.5 Å². The van der Waals surface area contributed by atoms with Crippen molar-refractivity contribution in [2.24, 2.45) is 0 Å². The Labute approximate surface area is 112 Å². The molecule has 1 saturated heterocycles. The average molecular weight is 263 g/mol. The second kappa shape index (κ2) is 6.22. The second-order valence-corrected chi connectivity index (χ2v) is 4.29. The molecule has 0 atom stereocenters. The number of carbonyl (C=O) groups is 2. The van der Waals surface area contributed by atoms with Gasteiger partial charge in [0.1, 0.15) is 0 Å². The van der Waals surface area contributed by atoms with E-state index in [0.29, 0.717) is 43.9 Å². The molecule has 0 aliphatic carbocycles. The molecule has 0 aromatic heterocycles. The zero-order chi connectivity index (χ0) is 13.7. The van der Waals surface area contributed by atoms with Crippen molar-refractivity contribution in [1.29, 1.82) is 0 Å². The highest BCUT2D eigenvalue weighted by Crippen LogP contribution is 2.25. The Morgan fingerprint density at radius 2 is 1.74 bits per heavy atom. The van der Waals surface area contributed by atoms with E-state index in [9.17, 15) is 9.59 Å². The summed E-state index contributed by atoms with van der Waals surface area (Å²) in [4.78, 5) is 24.1. The number of likely N-dealkylation sites (tertiary alicyclic amines) is 1. The summed E-state index contributed by atoms with van der Waals surface area (Å²) in [6, 6.07) is 7.38. The maximum absolute atomic E-state index is 11.4. The number of hydrogen-bond donors (Lipinski definition) is 0. The van der Waals surface area contributed by atoms with Crippen LogP contribution in [0.15, 0.2) is 24.3 Å². The predicted octanol–water partition coefficient (Wildman–Crippen LogP) is 1.61. The highest BCUT2D eigenvalue weighted by atomic mass is 16.5. The summed E-state index contributed by atoms with van der Waals surface area (Å²) in [5.41, 5.74) is 0. The molecular weight excluding hydrogens is 246 g/mol. The Bertz CT molecular complexity index is 456. The third kappa shape index (κ3) is 3.24. The van der Waals surface area contributed by atoms with Crippen molar-refractivity contribution < 1.29 is 19.1 Å². The molecule has 1 aromatic rings. The summed E-state index contributed by atoms with van der Waals surface area (Å²) >= 11 is 0. The van der Waals surface area contributed by atoms with Crippen molar-refractivity contribution in [3.8, 4) is 11.5 Å². The molecule has 1 heterocycles. The van der Waals surface area contributed by atoms with Gasteiger partial charge in [0.15, 0.2) is 11.5 Å². The molecule has 1 fully saturated rings. The Kier molecular flexibility index (Phi) is 4.39. The molecule has 19 heavy (non-hydrogen) atoms. The van der Waals surface area contributed by atoms with Gasteiger partial charge in [-0.25, -0.2) is 0 Å². The normalized spacial score (nSPS) is 14.9. The lowest BCUT2D eigenvalue weighted by Crippen LogP contribution is -2.30. The van der Waals surface area contributed by atoms with Crippen molar-refractivity contribution >= 4 is 11.8 Å². The van der Waals surface area contributed by atoms with Crippen molar-refractivity contribution in [3.63, 3.8) is 0 Å². The summed E-state index contributed by atoms with van der Waals surface area (Å²) in [6.07, 6.45) is 1.30.